The van der Waals surface area contributed by atoms with Gasteiger partial charge in [0, 0.05) is 12.6 Å². The average molecular weight is 285 g/mol. The van der Waals surface area contributed by atoms with E-state index in [2.05, 4.69) is 17.0 Å². The Hall–Kier alpha value is -1.33. The summed E-state index contributed by atoms with van der Waals surface area (Å²) >= 11 is 6.08. The Labute approximate surface area is 118 Å². The van der Waals surface area contributed by atoms with Crippen LogP contribution in [0.5, 0.6) is 0 Å². The summed E-state index contributed by atoms with van der Waals surface area (Å²) in [5.41, 5.74) is 0.307. The number of rotatable bonds is 7. The topological polar surface area (TPSA) is 50.2 Å². The smallest absolute Gasteiger partial charge is 0.287 e. The van der Waals surface area contributed by atoms with Gasteiger partial charge in [0.15, 0.2) is 0 Å². The normalized spacial score (nSPS) is 12.5. The van der Waals surface area contributed by atoms with Gasteiger partial charge >= 0.3 is 0 Å². The molecule has 0 bridgehead atoms. The van der Waals surface area contributed by atoms with E-state index in [1.807, 2.05) is 32.0 Å². The predicted molar refractivity (Wildman–Crippen MR) is 80.0 cm³/mol. The third-order valence-corrected chi connectivity index (χ3v) is 3.03. The number of aromatic nitrogens is 2. The molecule has 0 saturated carbocycles. The summed E-state index contributed by atoms with van der Waals surface area (Å²) in [5.74, 6) is 0. The minimum Gasteiger partial charge on any atom is -0.380 e. The van der Waals surface area contributed by atoms with E-state index in [0.29, 0.717) is 12.2 Å². The lowest BCUT2D eigenvalue weighted by atomic mass is 10.2. The molecule has 6 heteroatoms. The van der Waals surface area contributed by atoms with E-state index in [1.54, 1.807) is 6.20 Å². The highest BCUT2D eigenvalue weighted by Crippen LogP contribution is 2.17. The summed E-state index contributed by atoms with van der Waals surface area (Å²) in [4.78, 5) is 14.0. The number of nitrogens with zero attached hydrogens (tertiary/aromatic N) is 3. The number of likely N-dealkylation sites (N-methyl/N-ethyl adjacent to an activating group) is 1. The molecule has 1 unspecified atom stereocenters. The Morgan fingerprint density at radius 3 is 2.89 bits per heavy atom. The molecular formula is C13H21ClN4O. The van der Waals surface area contributed by atoms with Crippen LogP contribution < -0.4 is 10.9 Å². The largest absolute Gasteiger partial charge is 0.380 e. The van der Waals surface area contributed by atoms with Crippen molar-refractivity contribution in [3.63, 3.8) is 0 Å². The van der Waals surface area contributed by atoms with E-state index >= 15 is 0 Å². The number of nitrogens with one attached hydrogen (secondary N) is 1. The van der Waals surface area contributed by atoms with Gasteiger partial charge in [0.1, 0.15) is 5.02 Å². The maximum atomic E-state index is 12.0. The van der Waals surface area contributed by atoms with Gasteiger partial charge in [0.25, 0.3) is 5.56 Å². The van der Waals surface area contributed by atoms with Crippen LogP contribution in [0.25, 0.3) is 0 Å². The van der Waals surface area contributed by atoms with Gasteiger partial charge in [0.05, 0.1) is 18.4 Å². The van der Waals surface area contributed by atoms with Gasteiger partial charge in [-0.3, -0.25) is 4.79 Å². The molecule has 0 amide bonds. The molecule has 0 radical (unpaired) electrons. The van der Waals surface area contributed by atoms with Crippen molar-refractivity contribution < 1.29 is 0 Å². The van der Waals surface area contributed by atoms with Gasteiger partial charge in [-0.1, -0.05) is 17.7 Å². The number of halogens is 1. The molecule has 0 saturated heterocycles. The fourth-order valence-corrected chi connectivity index (χ4v) is 1.79. The minimum absolute atomic E-state index is 0.161. The first-order chi connectivity index (χ1) is 8.95. The second-order valence-corrected chi connectivity index (χ2v) is 5.15. The Balaban J connectivity index is 2.85. The van der Waals surface area contributed by atoms with E-state index in [0.717, 1.165) is 13.0 Å². The monoisotopic (exact) mass is 284 g/mol. The Morgan fingerprint density at radius 1 is 1.63 bits per heavy atom. The first-order valence-corrected chi connectivity index (χ1v) is 6.61. The van der Waals surface area contributed by atoms with E-state index in [4.69, 9.17) is 11.6 Å². The van der Waals surface area contributed by atoms with Gasteiger partial charge < -0.3 is 10.2 Å². The first-order valence-electron chi connectivity index (χ1n) is 6.23. The molecule has 1 aromatic heterocycles. The molecular weight excluding hydrogens is 264 g/mol. The molecule has 0 aromatic carbocycles. The molecule has 1 rings (SSSR count). The van der Waals surface area contributed by atoms with Gasteiger partial charge in [-0.2, -0.15) is 5.10 Å². The van der Waals surface area contributed by atoms with Crippen molar-refractivity contribution in [2.45, 2.75) is 25.9 Å². The Kier molecular flexibility index (Phi) is 6.05. The zero-order valence-electron chi connectivity index (χ0n) is 11.7. The minimum atomic E-state index is -0.265. The Morgan fingerprint density at radius 2 is 2.32 bits per heavy atom. The predicted octanol–water partition coefficient (Wildman–Crippen LogP) is 1.83. The van der Waals surface area contributed by atoms with Crippen LogP contribution in [0.2, 0.25) is 5.02 Å². The third-order valence-electron chi connectivity index (χ3n) is 2.67. The van der Waals surface area contributed by atoms with Crippen molar-refractivity contribution in [2.75, 3.05) is 26.0 Å². The van der Waals surface area contributed by atoms with Crippen LogP contribution in [-0.2, 0) is 6.54 Å². The van der Waals surface area contributed by atoms with Crippen molar-refractivity contribution in [3.05, 3.63) is 34.2 Å². The Bertz CT molecular complexity index is 484. The standard InChI is InChI=1S/C13H21ClN4O/c1-5-6-10(2)16-11-9-15-18(8-7-17(3)4)13(19)12(11)14/h5,9-10,16H,1,6-8H2,2-4H3. The van der Waals surface area contributed by atoms with E-state index in [1.165, 1.54) is 4.68 Å². The van der Waals surface area contributed by atoms with Crippen molar-refractivity contribution in [3.8, 4) is 0 Å². The van der Waals surface area contributed by atoms with Gasteiger partial charge in [-0.25, -0.2) is 4.68 Å². The average Bonchev–Trinajstić information content (AvgIpc) is 2.34. The van der Waals surface area contributed by atoms with Crippen LogP contribution in [0, 0.1) is 0 Å². The van der Waals surface area contributed by atoms with Gasteiger partial charge in [-0.05, 0) is 27.4 Å². The fourth-order valence-electron chi connectivity index (χ4n) is 1.59. The molecule has 19 heavy (non-hydrogen) atoms. The lowest BCUT2D eigenvalue weighted by Crippen LogP contribution is -2.29. The maximum Gasteiger partial charge on any atom is 0.287 e. The van der Waals surface area contributed by atoms with E-state index in [-0.39, 0.29) is 16.6 Å². The molecule has 106 valence electrons. The molecule has 0 aliphatic heterocycles. The maximum absolute atomic E-state index is 12.0. The van der Waals surface area contributed by atoms with Crippen molar-refractivity contribution in [1.82, 2.24) is 14.7 Å². The number of anilines is 1. The second kappa shape index (κ2) is 7.31. The first kappa shape index (κ1) is 15.7. The molecule has 1 N–H and O–H groups in total. The van der Waals surface area contributed by atoms with Gasteiger partial charge in [-0.15, -0.1) is 6.58 Å². The molecule has 0 aliphatic carbocycles. The quantitative estimate of drug-likeness (QED) is 0.776. The van der Waals surface area contributed by atoms with Crippen molar-refractivity contribution in [2.24, 2.45) is 0 Å². The zero-order valence-corrected chi connectivity index (χ0v) is 12.4. The summed E-state index contributed by atoms with van der Waals surface area (Å²) in [6.07, 6.45) is 4.20. The molecule has 1 heterocycles. The molecule has 5 nitrogen and oxygen atoms in total. The highest BCUT2D eigenvalue weighted by atomic mass is 35.5. The summed E-state index contributed by atoms with van der Waals surface area (Å²) in [5, 5.41) is 7.47. The molecule has 0 aliphatic rings. The summed E-state index contributed by atoms with van der Waals surface area (Å²) in [7, 11) is 3.89. The van der Waals surface area contributed by atoms with Crippen LogP contribution >= 0.6 is 11.6 Å². The molecule has 0 spiro atoms. The van der Waals surface area contributed by atoms with Crippen LogP contribution in [0.15, 0.2) is 23.6 Å². The highest BCUT2D eigenvalue weighted by molar-refractivity contribution is 6.32. The summed E-state index contributed by atoms with van der Waals surface area (Å²) in [6, 6.07) is 0.161. The molecule has 1 aromatic rings. The third kappa shape index (κ3) is 4.69. The summed E-state index contributed by atoms with van der Waals surface area (Å²) < 4.78 is 1.38. The van der Waals surface area contributed by atoms with E-state index < -0.39 is 0 Å². The SMILES string of the molecule is C=CCC(C)Nc1cnn(CCN(C)C)c(=O)c1Cl. The van der Waals surface area contributed by atoms with Crippen molar-refractivity contribution in [1.29, 1.82) is 0 Å². The second-order valence-electron chi connectivity index (χ2n) is 4.77. The highest BCUT2D eigenvalue weighted by Gasteiger charge is 2.11. The van der Waals surface area contributed by atoms with E-state index in [9.17, 15) is 4.79 Å². The lowest BCUT2D eigenvalue weighted by Gasteiger charge is -2.15. The van der Waals surface area contributed by atoms with Crippen molar-refractivity contribution >= 4 is 17.3 Å². The fraction of sp³-hybridized carbons (Fsp3) is 0.538. The lowest BCUT2D eigenvalue weighted by molar-refractivity contribution is 0.367. The summed E-state index contributed by atoms with van der Waals surface area (Å²) in [6.45, 7) is 6.93. The number of hydrogen-bond donors (Lipinski definition) is 1. The molecule has 1 atom stereocenters. The van der Waals surface area contributed by atoms with Crippen LogP contribution in [0.3, 0.4) is 0 Å². The van der Waals surface area contributed by atoms with Crippen LogP contribution in [0.1, 0.15) is 13.3 Å². The zero-order chi connectivity index (χ0) is 14.4. The van der Waals surface area contributed by atoms with Gasteiger partial charge in [0.2, 0.25) is 0 Å². The number of hydrogen-bond acceptors (Lipinski definition) is 4. The van der Waals surface area contributed by atoms with Crippen LogP contribution in [-0.4, -0.2) is 41.4 Å². The van der Waals surface area contributed by atoms with Crippen LogP contribution in [0.4, 0.5) is 5.69 Å². The molecule has 0 fully saturated rings.